The predicted octanol–water partition coefficient (Wildman–Crippen LogP) is 4.23. The first-order chi connectivity index (χ1) is 13.2. The number of benzene rings is 2. The van der Waals surface area contributed by atoms with Crippen LogP contribution in [0.1, 0.15) is 31.7 Å². The summed E-state index contributed by atoms with van der Waals surface area (Å²) in [4.78, 5) is 13.0. The van der Waals surface area contributed by atoms with Crippen LogP contribution in [-0.4, -0.2) is 32.8 Å². The molecule has 4 nitrogen and oxygen atoms in total. The van der Waals surface area contributed by atoms with Gasteiger partial charge in [-0.05, 0) is 42.9 Å². The molecule has 4 heteroatoms. The van der Waals surface area contributed by atoms with E-state index < -0.39 is 0 Å². The van der Waals surface area contributed by atoms with Crippen molar-refractivity contribution in [1.29, 1.82) is 0 Å². The standard InChI is InChI=1S/C23H29NO3/c1-3-13-24-22(25)23(11-14-27-15-12-23)17-18-7-6-8-19(16-18)20-9-4-5-10-21(20)26-2/h4-10,16H,3,11-15,17H2,1-2H3,(H,24,25). The van der Waals surface area contributed by atoms with Crippen molar-refractivity contribution < 1.29 is 14.3 Å². The average molecular weight is 367 g/mol. The van der Waals surface area contributed by atoms with E-state index in [2.05, 4.69) is 42.6 Å². The minimum absolute atomic E-state index is 0.162. The first kappa shape index (κ1) is 19.4. The van der Waals surface area contributed by atoms with Gasteiger partial charge in [0.05, 0.1) is 12.5 Å². The zero-order valence-electron chi connectivity index (χ0n) is 16.3. The molecule has 2 aromatic rings. The summed E-state index contributed by atoms with van der Waals surface area (Å²) in [6.07, 6.45) is 3.21. The summed E-state index contributed by atoms with van der Waals surface area (Å²) in [5.41, 5.74) is 2.97. The summed E-state index contributed by atoms with van der Waals surface area (Å²) < 4.78 is 11.1. The van der Waals surface area contributed by atoms with Crippen LogP contribution in [0, 0.1) is 5.41 Å². The molecular formula is C23H29NO3. The lowest BCUT2D eigenvalue weighted by atomic mass is 9.74. The van der Waals surface area contributed by atoms with Crippen molar-refractivity contribution in [2.45, 2.75) is 32.6 Å². The van der Waals surface area contributed by atoms with Crippen LogP contribution in [0.2, 0.25) is 0 Å². The normalized spacial score (nSPS) is 15.9. The molecule has 1 heterocycles. The van der Waals surface area contributed by atoms with E-state index in [1.807, 2.05) is 18.2 Å². The Morgan fingerprint density at radius 1 is 1.15 bits per heavy atom. The van der Waals surface area contributed by atoms with Crippen molar-refractivity contribution in [2.75, 3.05) is 26.9 Å². The molecule has 2 aromatic carbocycles. The minimum Gasteiger partial charge on any atom is -0.496 e. The highest BCUT2D eigenvalue weighted by atomic mass is 16.5. The molecule has 144 valence electrons. The van der Waals surface area contributed by atoms with Crippen molar-refractivity contribution in [3.63, 3.8) is 0 Å². The second-order valence-electron chi connectivity index (χ2n) is 7.23. The molecule has 0 unspecified atom stereocenters. The van der Waals surface area contributed by atoms with Crippen LogP contribution in [0.25, 0.3) is 11.1 Å². The number of ether oxygens (including phenoxy) is 2. The Kier molecular flexibility index (Phi) is 6.51. The molecule has 0 spiro atoms. The molecule has 1 amide bonds. The Balaban J connectivity index is 1.88. The second kappa shape index (κ2) is 9.05. The fraction of sp³-hybridized carbons (Fsp3) is 0.435. The van der Waals surface area contributed by atoms with E-state index in [-0.39, 0.29) is 11.3 Å². The smallest absolute Gasteiger partial charge is 0.226 e. The molecular weight excluding hydrogens is 338 g/mol. The molecule has 0 atom stereocenters. The molecule has 1 fully saturated rings. The third-order valence-corrected chi connectivity index (χ3v) is 5.35. The van der Waals surface area contributed by atoms with E-state index in [1.165, 1.54) is 5.56 Å². The zero-order valence-corrected chi connectivity index (χ0v) is 16.3. The highest BCUT2D eigenvalue weighted by molar-refractivity contribution is 5.83. The molecule has 0 aromatic heterocycles. The number of nitrogens with one attached hydrogen (secondary N) is 1. The van der Waals surface area contributed by atoms with Gasteiger partial charge in [-0.25, -0.2) is 0 Å². The Morgan fingerprint density at radius 3 is 2.67 bits per heavy atom. The molecule has 1 aliphatic rings. The van der Waals surface area contributed by atoms with Gasteiger partial charge in [0.25, 0.3) is 0 Å². The Morgan fingerprint density at radius 2 is 1.93 bits per heavy atom. The first-order valence-corrected chi connectivity index (χ1v) is 9.77. The van der Waals surface area contributed by atoms with Gasteiger partial charge in [0.15, 0.2) is 0 Å². The highest BCUT2D eigenvalue weighted by Gasteiger charge is 2.39. The monoisotopic (exact) mass is 367 g/mol. The van der Waals surface area contributed by atoms with Crippen molar-refractivity contribution in [3.05, 3.63) is 54.1 Å². The molecule has 1 N–H and O–H groups in total. The maximum Gasteiger partial charge on any atom is 0.226 e. The number of carbonyl (C=O) groups excluding carboxylic acids is 1. The van der Waals surface area contributed by atoms with E-state index in [9.17, 15) is 4.79 Å². The van der Waals surface area contributed by atoms with Gasteiger partial charge in [0.1, 0.15) is 5.75 Å². The first-order valence-electron chi connectivity index (χ1n) is 9.77. The topological polar surface area (TPSA) is 47.6 Å². The van der Waals surface area contributed by atoms with Gasteiger partial charge >= 0.3 is 0 Å². The number of para-hydroxylation sites is 1. The van der Waals surface area contributed by atoms with Crippen LogP contribution in [0.3, 0.4) is 0 Å². The van der Waals surface area contributed by atoms with Crippen LogP contribution in [-0.2, 0) is 16.0 Å². The Bertz CT molecular complexity index is 766. The molecule has 0 saturated carbocycles. The molecule has 0 aliphatic carbocycles. The van der Waals surface area contributed by atoms with Crippen molar-refractivity contribution in [3.8, 4) is 16.9 Å². The third-order valence-electron chi connectivity index (χ3n) is 5.35. The van der Waals surface area contributed by atoms with E-state index in [4.69, 9.17) is 9.47 Å². The van der Waals surface area contributed by atoms with E-state index in [1.54, 1.807) is 7.11 Å². The number of hydrogen-bond donors (Lipinski definition) is 1. The average Bonchev–Trinajstić information content (AvgIpc) is 2.72. The van der Waals surface area contributed by atoms with Crippen molar-refractivity contribution in [2.24, 2.45) is 5.41 Å². The quantitative estimate of drug-likeness (QED) is 0.797. The van der Waals surface area contributed by atoms with Gasteiger partial charge in [-0.1, -0.05) is 49.4 Å². The van der Waals surface area contributed by atoms with E-state index in [0.717, 1.165) is 49.1 Å². The summed E-state index contributed by atoms with van der Waals surface area (Å²) in [6.45, 7) is 4.09. The van der Waals surface area contributed by atoms with Gasteiger partial charge < -0.3 is 14.8 Å². The summed E-state index contributed by atoms with van der Waals surface area (Å²) in [6, 6.07) is 16.5. The summed E-state index contributed by atoms with van der Waals surface area (Å²) in [5.74, 6) is 1.02. The maximum atomic E-state index is 13.0. The van der Waals surface area contributed by atoms with Crippen molar-refractivity contribution >= 4 is 5.91 Å². The fourth-order valence-corrected chi connectivity index (χ4v) is 3.79. The van der Waals surface area contributed by atoms with Gasteiger partial charge in [-0.2, -0.15) is 0 Å². The van der Waals surface area contributed by atoms with E-state index in [0.29, 0.717) is 13.2 Å². The molecule has 0 bridgehead atoms. The second-order valence-corrected chi connectivity index (χ2v) is 7.23. The third kappa shape index (κ3) is 4.51. The number of carbonyl (C=O) groups is 1. The predicted molar refractivity (Wildman–Crippen MR) is 108 cm³/mol. The maximum absolute atomic E-state index is 13.0. The van der Waals surface area contributed by atoms with Gasteiger partial charge in [-0.15, -0.1) is 0 Å². The number of amides is 1. The van der Waals surface area contributed by atoms with Gasteiger partial charge in [-0.3, -0.25) is 4.79 Å². The van der Waals surface area contributed by atoms with Crippen LogP contribution in [0.15, 0.2) is 48.5 Å². The Hall–Kier alpha value is -2.33. The number of methoxy groups -OCH3 is 1. The zero-order chi connectivity index (χ0) is 19.1. The number of hydrogen-bond acceptors (Lipinski definition) is 3. The van der Waals surface area contributed by atoms with Crippen molar-refractivity contribution in [1.82, 2.24) is 5.32 Å². The van der Waals surface area contributed by atoms with Crippen LogP contribution in [0.4, 0.5) is 0 Å². The van der Waals surface area contributed by atoms with Crippen LogP contribution in [0.5, 0.6) is 5.75 Å². The number of rotatable bonds is 7. The fourth-order valence-electron chi connectivity index (χ4n) is 3.79. The van der Waals surface area contributed by atoms with Crippen LogP contribution < -0.4 is 10.1 Å². The lowest BCUT2D eigenvalue weighted by Crippen LogP contribution is -2.46. The largest absolute Gasteiger partial charge is 0.496 e. The molecule has 0 radical (unpaired) electrons. The lowest BCUT2D eigenvalue weighted by molar-refractivity contribution is -0.136. The SMILES string of the molecule is CCCNC(=O)C1(Cc2cccc(-c3ccccc3OC)c2)CCOCC1. The molecule has 3 rings (SSSR count). The minimum atomic E-state index is -0.382. The molecule has 27 heavy (non-hydrogen) atoms. The molecule has 1 aliphatic heterocycles. The van der Waals surface area contributed by atoms with E-state index >= 15 is 0 Å². The van der Waals surface area contributed by atoms with Gasteiger partial charge in [0.2, 0.25) is 5.91 Å². The molecule has 1 saturated heterocycles. The summed E-state index contributed by atoms with van der Waals surface area (Å²) >= 11 is 0. The summed E-state index contributed by atoms with van der Waals surface area (Å²) in [7, 11) is 1.69. The van der Waals surface area contributed by atoms with Gasteiger partial charge in [0, 0.05) is 25.3 Å². The Labute approximate surface area is 161 Å². The van der Waals surface area contributed by atoms with Crippen LogP contribution >= 0.6 is 0 Å². The summed E-state index contributed by atoms with van der Waals surface area (Å²) in [5, 5.41) is 3.11. The highest BCUT2D eigenvalue weighted by Crippen LogP contribution is 2.36. The lowest BCUT2D eigenvalue weighted by Gasteiger charge is -2.36.